The van der Waals surface area contributed by atoms with Gasteiger partial charge in [0.25, 0.3) is 0 Å². The molecule has 2 atom stereocenters. The molecule has 0 amide bonds. The van der Waals surface area contributed by atoms with Gasteiger partial charge in [-0.1, -0.05) is 23.9 Å². The second-order valence-electron chi connectivity index (χ2n) is 4.06. The van der Waals surface area contributed by atoms with Crippen molar-refractivity contribution in [1.82, 2.24) is 20.3 Å². The van der Waals surface area contributed by atoms with E-state index in [4.69, 9.17) is 0 Å². The van der Waals surface area contributed by atoms with Crippen molar-refractivity contribution >= 4 is 16.9 Å². The van der Waals surface area contributed by atoms with Gasteiger partial charge in [0, 0.05) is 17.5 Å². The Bertz CT molecular complexity index is 336. The topological polar surface area (TPSA) is 55.1 Å². The first-order valence-electron chi connectivity index (χ1n) is 5.56. The summed E-state index contributed by atoms with van der Waals surface area (Å²) in [6.45, 7) is 5.98. The third kappa shape index (κ3) is 3.23. The van der Waals surface area contributed by atoms with E-state index in [1.165, 1.54) is 6.42 Å². The lowest BCUT2D eigenvalue weighted by molar-refractivity contribution is 0.584. The normalized spacial score (nSPS) is 28.0. The molecule has 1 aromatic heterocycles. The number of nitrogens with zero attached hydrogens (tertiary/aromatic N) is 4. The lowest BCUT2D eigenvalue weighted by Crippen LogP contribution is -2.38. The van der Waals surface area contributed by atoms with Crippen LogP contribution < -0.4 is 5.32 Å². The molecule has 0 aromatic carbocycles. The fourth-order valence-corrected chi connectivity index (χ4v) is 2.93. The van der Waals surface area contributed by atoms with Crippen molar-refractivity contribution in [1.29, 1.82) is 0 Å². The predicted octanol–water partition coefficient (Wildman–Crippen LogP) is 1.14. The monoisotopic (exact) mass is 239 g/mol. The second-order valence-corrected chi connectivity index (χ2v) is 5.49. The van der Waals surface area contributed by atoms with Crippen LogP contribution in [0.3, 0.4) is 0 Å². The maximum Gasteiger partial charge on any atom is 0.157 e. The summed E-state index contributed by atoms with van der Waals surface area (Å²) in [6.07, 6.45) is 4.74. The van der Waals surface area contributed by atoms with Crippen LogP contribution in [0.1, 0.15) is 20.3 Å². The number of aromatic nitrogens is 3. The van der Waals surface area contributed by atoms with E-state index in [1.54, 1.807) is 10.9 Å². The van der Waals surface area contributed by atoms with Crippen molar-refractivity contribution in [2.24, 2.45) is 4.99 Å². The molecule has 0 aliphatic carbocycles. The van der Waals surface area contributed by atoms with Gasteiger partial charge in [0.15, 0.2) is 5.17 Å². The highest BCUT2D eigenvalue weighted by molar-refractivity contribution is 8.14. The molecule has 0 radical (unpaired) electrons. The van der Waals surface area contributed by atoms with Crippen molar-refractivity contribution < 1.29 is 0 Å². The number of aliphatic imine (C=N–C) groups is 1. The molecule has 2 unspecified atom stereocenters. The first kappa shape index (κ1) is 11.4. The lowest BCUT2D eigenvalue weighted by Gasteiger charge is -2.26. The summed E-state index contributed by atoms with van der Waals surface area (Å²) < 4.78 is 1.80. The summed E-state index contributed by atoms with van der Waals surface area (Å²) in [7, 11) is 0. The van der Waals surface area contributed by atoms with E-state index < -0.39 is 0 Å². The molecule has 0 saturated carbocycles. The van der Waals surface area contributed by atoms with Crippen LogP contribution in [-0.2, 0) is 6.54 Å². The van der Waals surface area contributed by atoms with Gasteiger partial charge >= 0.3 is 0 Å². The average Bonchev–Trinajstić information content (AvgIpc) is 2.69. The van der Waals surface area contributed by atoms with Gasteiger partial charge < -0.3 is 5.32 Å². The summed E-state index contributed by atoms with van der Waals surface area (Å²) in [5.41, 5.74) is 0. The quantitative estimate of drug-likeness (QED) is 0.859. The first-order chi connectivity index (χ1) is 7.74. The molecule has 16 heavy (non-hydrogen) atoms. The van der Waals surface area contributed by atoms with Crippen LogP contribution >= 0.6 is 11.8 Å². The summed E-state index contributed by atoms with van der Waals surface area (Å²) in [6, 6.07) is 0.529. The number of hydrogen-bond acceptors (Lipinski definition) is 4. The van der Waals surface area contributed by atoms with Gasteiger partial charge in [0.1, 0.15) is 0 Å². The van der Waals surface area contributed by atoms with Crippen molar-refractivity contribution in [3.8, 4) is 0 Å². The van der Waals surface area contributed by atoms with Gasteiger partial charge in [0.2, 0.25) is 0 Å². The second kappa shape index (κ2) is 5.34. The average molecular weight is 239 g/mol. The van der Waals surface area contributed by atoms with E-state index in [2.05, 4.69) is 34.5 Å². The number of hydrogen-bond donors (Lipinski definition) is 1. The van der Waals surface area contributed by atoms with Gasteiger partial charge in [-0.05, 0) is 13.3 Å². The van der Waals surface area contributed by atoms with E-state index in [1.807, 2.05) is 18.0 Å². The third-order valence-electron chi connectivity index (χ3n) is 2.42. The highest BCUT2D eigenvalue weighted by Gasteiger charge is 2.19. The molecule has 1 fully saturated rings. The van der Waals surface area contributed by atoms with Crippen LogP contribution in [-0.4, -0.2) is 38.0 Å². The summed E-state index contributed by atoms with van der Waals surface area (Å²) in [4.78, 5) is 4.54. The molecular formula is C10H17N5S. The van der Waals surface area contributed by atoms with Gasteiger partial charge in [-0.2, -0.15) is 0 Å². The summed E-state index contributed by atoms with van der Waals surface area (Å²) in [5, 5.41) is 12.8. The molecule has 2 rings (SSSR count). The van der Waals surface area contributed by atoms with Gasteiger partial charge in [-0.15, -0.1) is 5.10 Å². The van der Waals surface area contributed by atoms with Gasteiger partial charge in [-0.3, -0.25) is 9.67 Å². The molecule has 1 N–H and O–H groups in total. The standard InChI is InChI=1S/C10H17N5S/c1-8-7-9(2)16-10(13-8)11-3-5-15-6-4-12-14-15/h4,6,8-9H,3,5,7H2,1-2H3,(H,11,13). The van der Waals surface area contributed by atoms with Crippen molar-refractivity contribution in [2.45, 2.75) is 38.1 Å². The number of thioether (sulfide) groups is 1. The Labute approximate surface area is 99.7 Å². The number of nitrogens with one attached hydrogen (secondary N) is 1. The highest BCUT2D eigenvalue weighted by Crippen LogP contribution is 2.21. The number of amidine groups is 1. The Balaban J connectivity index is 1.82. The van der Waals surface area contributed by atoms with Crippen LogP contribution in [0.25, 0.3) is 0 Å². The zero-order valence-corrected chi connectivity index (χ0v) is 10.4. The van der Waals surface area contributed by atoms with Gasteiger partial charge in [-0.25, -0.2) is 0 Å². The highest BCUT2D eigenvalue weighted by atomic mass is 32.2. The zero-order valence-electron chi connectivity index (χ0n) is 9.63. The van der Waals surface area contributed by atoms with E-state index in [9.17, 15) is 0 Å². The Morgan fingerprint density at radius 3 is 3.19 bits per heavy atom. The third-order valence-corrected chi connectivity index (χ3v) is 3.49. The maximum absolute atomic E-state index is 4.54. The minimum absolute atomic E-state index is 0.529. The van der Waals surface area contributed by atoms with E-state index in [0.717, 1.165) is 18.3 Å². The summed E-state index contributed by atoms with van der Waals surface area (Å²) >= 11 is 1.82. The minimum atomic E-state index is 0.529. The van der Waals surface area contributed by atoms with E-state index >= 15 is 0 Å². The molecule has 1 saturated heterocycles. The smallest absolute Gasteiger partial charge is 0.157 e. The molecule has 0 spiro atoms. The molecule has 1 aliphatic heterocycles. The van der Waals surface area contributed by atoms with E-state index in [-0.39, 0.29) is 0 Å². The fraction of sp³-hybridized carbons (Fsp3) is 0.700. The molecular weight excluding hydrogens is 222 g/mol. The SMILES string of the molecule is CC1CC(C)SC(=NCCn2ccnn2)N1. The van der Waals surface area contributed by atoms with Gasteiger partial charge in [0.05, 0.1) is 19.3 Å². The van der Waals surface area contributed by atoms with Crippen LogP contribution in [0.5, 0.6) is 0 Å². The van der Waals surface area contributed by atoms with E-state index in [0.29, 0.717) is 11.3 Å². The molecule has 5 nitrogen and oxygen atoms in total. The lowest BCUT2D eigenvalue weighted by atomic mass is 10.2. The minimum Gasteiger partial charge on any atom is -0.362 e. The summed E-state index contributed by atoms with van der Waals surface area (Å²) in [5.74, 6) is 0. The molecule has 2 heterocycles. The molecule has 88 valence electrons. The predicted molar refractivity (Wildman–Crippen MR) is 66.6 cm³/mol. The molecule has 1 aromatic rings. The van der Waals surface area contributed by atoms with Crippen molar-refractivity contribution in [3.63, 3.8) is 0 Å². The molecule has 1 aliphatic rings. The Kier molecular flexibility index (Phi) is 3.82. The maximum atomic E-state index is 4.54. The van der Waals surface area contributed by atoms with Crippen molar-refractivity contribution in [2.75, 3.05) is 6.54 Å². The zero-order chi connectivity index (χ0) is 11.4. The fourth-order valence-electron chi connectivity index (χ4n) is 1.73. The van der Waals surface area contributed by atoms with Crippen LogP contribution in [0, 0.1) is 0 Å². The van der Waals surface area contributed by atoms with Crippen LogP contribution in [0.15, 0.2) is 17.4 Å². The van der Waals surface area contributed by atoms with Crippen molar-refractivity contribution in [3.05, 3.63) is 12.4 Å². The molecule has 6 heteroatoms. The Morgan fingerprint density at radius 1 is 1.62 bits per heavy atom. The largest absolute Gasteiger partial charge is 0.362 e. The Morgan fingerprint density at radius 2 is 2.50 bits per heavy atom. The molecule has 0 bridgehead atoms. The van der Waals surface area contributed by atoms with Crippen LogP contribution in [0.4, 0.5) is 0 Å². The van der Waals surface area contributed by atoms with Crippen LogP contribution in [0.2, 0.25) is 0 Å². The number of rotatable bonds is 3. The Hall–Kier alpha value is -1.04. The first-order valence-corrected chi connectivity index (χ1v) is 6.44.